The van der Waals surface area contributed by atoms with Crippen LogP contribution >= 0.6 is 0 Å². The van der Waals surface area contributed by atoms with Gasteiger partial charge in [0.25, 0.3) is 0 Å². The minimum atomic E-state index is 1.08. The standard InChI is InChI=1S/C14H19N/c1-12-7-9-14(10-8-12)6-4-5-13(2)11-15-3/h5,7-11H,4,6H2,1-3H3/b13-5-,15-11-. The van der Waals surface area contributed by atoms with Gasteiger partial charge in [-0.3, -0.25) is 4.99 Å². The van der Waals surface area contributed by atoms with Crippen LogP contribution in [-0.2, 0) is 6.42 Å². The maximum Gasteiger partial charge on any atom is 0.0277 e. The molecule has 0 aliphatic carbocycles. The molecular formula is C14H19N. The lowest BCUT2D eigenvalue weighted by molar-refractivity contribution is 0.995. The summed E-state index contributed by atoms with van der Waals surface area (Å²) in [5.74, 6) is 0. The Hall–Kier alpha value is -1.37. The second kappa shape index (κ2) is 6.18. The number of nitrogens with zero attached hydrogens (tertiary/aromatic N) is 1. The van der Waals surface area contributed by atoms with Gasteiger partial charge >= 0.3 is 0 Å². The third-order valence-corrected chi connectivity index (χ3v) is 2.35. The molecule has 0 aliphatic rings. The van der Waals surface area contributed by atoms with Crippen molar-refractivity contribution in [2.45, 2.75) is 26.7 Å². The molecule has 0 N–H and O–H groups in total. The number of allylic oxidation sites excluding steroid dienone is 2. The van der Waals surface area contributed by atoms with Crippen molar-refractivity contribution < 1.29 is 0 Å². The second-order valence-corrected chi connectivity index (χ2v) is 3.86. The highest BCUT2D eigenvalue weighted by atomic mass is 14.6. The van der Waals surface area contributed by atoms with Gasteiger partial charge in [0.15, 0.2) is 0 Å². The number of aliphatic imine (C=N–C) groups is 1. The average Bonchev–Trinajstić information content (AvgIpc) is 2.21. The van der Waals surface area contributed by atoms with Crippen LogP contribution < -0.4 is 0 Å². The van der Waals surface area contributed by atoms with Gasteiger partial charge in [0.1, 0.15) is 0 Å². The van der Waals surface area contributed by atoms with Crippen molar-refractivity contribution in [2.75, 3.05) is 7.05 Å². The fourth-order valence-electron chi connectivity index (χ4n) is 1.48. The molecule has 0 aliphatic heterocycles. The Bertz CT molecular complexity index is 344. The highest BCUT2D eigenvalue weighted by molar-refractivity contribution is 5.77. The van der Waals surface area contributed by atoms with Crippen molar-refractivity contribution >= 4 is 6.21 Å². The number of aryl methyl sites for hydroxylation is 2. The maximum atomic E-state index is 3.98. The molecular weight excluding hydrogens is 182 g/mol. The molecule has 0 unspecified atom stereocenters. The fraction of sp³-hybridized carbons (Fsp3) is 0.357. The fourth-order valence-corrected chi connectivity index (χ4v) is 1.48. The van der Waals surface area contributed by atoms with E-state index in [1.54, 1.807) is 7.05 Å². The van der Waals surface area contributed by atoms with Crippen LogP contribution in [0.4, 0.5) is 0 Å². The predicted molar refractivity (Wildman–Crippen MR) is 67.7 cm³/mol. The summed E-state index contributed by atoms with van der Waals surface area (Å²) in [7, 11) is 1.80. The molecule has 0 radical (unpaired) electrons. The third-order valence-electron chi connectivity index (χ3n) is 2.35. The first kappa shape index (κ1) is 11.7. The van der Waals surface area contributed by atoms with Crippen molar-refractivity contribution in [3.8, 4) is 0 Å². The topological polar surface area (TPSA) is 12.4 Å². The maximum absolute atomic E-state index is 3.98. The average molecular weight is 201 g/mol. The molecule has 0 spiro atoms. The van der Waals surface area contributed by atoms with Crippen molar-refractivity contribution in [2.24, 2.45) is 4.99 Å². The van der Waals surface area contributed by atoms with E-state index in [1.807, 2.05) is 6.21 Å². The molecule has 15 heavy (non-hydrogen) atoms. The summed E-state index contributed by atoms with van der Waals surface area (Å²) >= 11 is 0. The lowest BCUT2D eigenvalue weighted by Gasteiger charge is -1.99. The van der Waals surface area contributed by atoms with Gasteiger partial charge < -0.3 is 0 Å². The van der Waals surface area contributed by atoms with Crippen LogP contribution in [0.15, 0.2) is 40.9 Å². The molecule has 0 saturated carbocycles. The third kappa shape index (κ3) is 4.59. The van der Waals surface area contributed by atoms with E-state index in [0.29, 0.717) is 0 Å². The van der Waals surface area contributed by atoms with Gasteiger partial charge in [-0.15, -0.1) is 0 Å². The van der Waals surface area contributed by atoms with Gasteiger partial charge in [-0.1, -0.05) is 35.9 Å². The zero-order valence-corrected chi connectivity index (χ0v) is 9.83. The van der Waals surface area contributed by atoms with Crippen molar-refractivity contribution in [1.29, 1.82) is 0 Å². The summed E-state index contributed by atoms with van der Waals surface area (Å²) in [6.45, 7) is 4.20. The molecule has 0 aromatic heterocycles. The molecule has 1 aromatic carbocycles. The van der Waals surface area contributed by atoms with Crippen molar-refractivity contribution in [3.63, 3.8) is 0 Å². The van der Waals surface area contributed by atoms with Crippen molar-refractivity contribution in [3.05, 3.63) is 47.0 Å². The van der Waals surface area contributed by atoms with Crippen LogP contribution in [0, 0.1) is 6.92 Å². The smallest absolute Gasteiger partial charge is 0.0277 e. The first-order chi connectivity index (χ1) is 7.22. The molecule has 80 valence electrons. The number of hydrogen-bond acceptors (Lipinski definition) is 1. The van der Waals surface area contributed by atoms with Gasteiger partial charge in [-0.25, -0.2) is 0 Å². The minimum Gasteiger partial charge on any atom is -0.296 e. The number of benzene rings is 1. The van der Waals surface area contributed by atoms with Gasteiger partial charge in [0, 0.05) is 13.3 Å². The minimum absolute atomic E-state index is 1.08. The van der Waals surface area contributed by atoms with Crippen LogP contribution in [0.2, 0.25) is 0 Å². The Morgan fingerprint density at radius 2 is 1.93 bits per heavy atom. The molecule has 1 nitrogen and oxygen atoms in total. The van der Waals surface area contributed by atoms with E-state index >= 15 is 0 Å². The number of rotatable bonds is 4. The van der Waals surface area contributed by atoms with E-state index < -0.39 is 0 Å². The molecule has 0 atom stereocenters. The summed E-state index contributed by atoms with van der Waals surface area (Å²) in [5.41, 5.74) is 3.96. The summed E-state index contributed by atoms with van der Waals surface area (Å²) in [4.78, 5) is 3.98. The molecule has 1 rings (SSSR count). The van der Waals surface area contributed by atoms with Gasteiger partial charge in [-0.2, -0.15) is 0 Å². The molecule has 0 amide bonds. The molecule has 1 heteroatoms. The first-order valence-electron chi connectivity index (χ1n) is 5.37. The molecule has 0 heterocycles. The monoisotopic (exact) mass is 201 g/mol. The zero-order valence-electron chi connectivity index (χ0n) is 9.83. The van der Waals surface area contributed by atoms with Gasteiger partial charge in [0.2, 0.25) is 0 Å². The molecule has 0 bridgehead atoms. The van der Waals surface area contributed by atoms with E-state index in [0.717, 1.165) is 12.8 Å². The van der Waals surface area contributed by atoms with E-state index in [9.17, 15) is 0 Å². The van der Waals surface area contributed by atoms with Crippen LogP contribution in [0.25, 0.3) is 0 Å². The summed E-state index contributed by atoms with van der Waals surface area (Å²) in [6.07, 6.45) is 6.32. The van der Waals surface area contributed by atoms with E-state index in [2.05, 4.69) is 49.2 Å². The van der Waals surface area contributed by atoms with Gasteiger partial charge in [-0.05, 0) is 37.8 Å². The van der Waals surface area contributed by atoms with E-state index in [1.165, 1.54) is 16.7 Å². The Morgan fingerprint density at radius 1 is 1.27 bits per heavy atom. The quantitative estimate of drug-likeness (QED) is 0.660. The highest BCUT2D eigenvalue weighted by Crippen LogP contribution is 2.06. The Labute approximate surface area is 92.6 Å². The SMILES string of the molecule is C/N=C\C(C)=C/CCc1ccc(C)cc1. The van der Waals surface area contributed by atoms with Crippen LogP contribution in [0.3, 0.4) is 0 Å². The summed E-state index contributed by atoms with van der Waals surface area (Å²) < 4.78 is 0. The van der Waals surface area contributed by atoms with E-state index in [-0.39, 0.29) is 0 Å². The van der Waals surface area contributed by atoms with Crippen LogP contribution in [0.1, 0.15) is 24.5 Å². The lowest BCUT2D eigenvalue weighted by Crippen LogP contribution is -1.85. The first-order valence-corrected chi connectivity index (χ1v) is 5.37. The second-order valence-electron chi connectivity index (χ2n) is 3.86. The molecule has 0 saturated heterocycles. The Kier molecular flexibility index (Phi) is 4.82. The Balaban J connectivity index is 2.44. The summed E-state index contributed by atoms with van der Waals surface area (Å²) in [6, 6.07) is 8.73. The largest absolute Gasteiger partial charge is 0.296 e. The van der Waals surface area contributed by atoms with Gasteiger partial charge in [0.05, 0.1) is 0 Å². The summed E-state index contributed by atoms with van der Waals surface area (Å²) in [5, 5.41) is 0. The number of hydrogen-bond donors (Lipinski definition) is 0. The normalized spacial score (nSPS) is 12.3. The lowest BCUT2D eigenvalue weighted by atomic mass is 10.1. The van der Waals surface area contributed by atoms with E-state index in [4.69, 9.17) is 0 Å². The predicted octanol–water partition coefficient (Wildman–Crippen LogP) is 3.57. The molecule has 0 fully saturated rings. The van der Waals surface area contributed by atoms with Crippen molar-refractivity contribution in [1.82, 2.24) is 0 Å². The Morgan fingerprint density at radius 3 is 2.53 bits per heavy atom. The highest BCUT2D eigenvalue weighted by Gasteiger charge is 1.91. The zero-order chi connectivity index (χ0) is 11.1. The molecule has 1 aromatic rings. The van der Waals surface area contributed by atoms with Crippen LogP contribution in [-0.4, -0.2) is 13.3 Å². The van der Waals surface area contributed by atoms with Crippen LogP contribution in [0.5, 0.6) is 0 Å².